The van der Waals surface area contributed by atoms with Crippen LogP contribution in [0.2, 0.25) is 0 Å². The third-order valence-electron chi connectivity index (χ3n) is 6.14. The normalized spacial score (nSPS) is 14.2. The molecule has 1 aromatic heterocycles. The standard InChI is InChI=1S/C26H27F2IN4O5S/c1-15-11-18(29)6-7-20(15)31-25-19(26(35)32-38-14-16-4-5-16)12-22(23(27)24(25)28)39(36,37)33-21(8-10-34)17-3-2-9-30-13-17/h2-3,6-7,9,11-13,16,21,31,33-34H,4-5,8,10,14H2,1H3,(H,32,35). The van der Waals surface area contributed by atoms with E-state index in [0.717, 1.165) is 22.5 Å². The van der Waals surface area contributed by atoms with Gasteiger partial charge in [0.2, 0.25) is 10.0 Å². The SMILES string of the molecule is Cc1cc(I)ccc1Nc1c(C(=O)NOCC2CC2)cc(S(=O)(=O)NC(CCO)c2cccnc2)c(F)c1F. The van der Waals surface area contributed by atoms with Crippen molar-refractivity contribution in [2.24, 2.45) is 5.92 Å². The molecule has 9 nitrogen and oxygen atoms in total. The van der Waals surface area contributed by atoms with Crippen LogP contribution in [0.1, 0.15) is 46.8 Å². The number of aliphatic hydroxyl groups is 1. The second-order valence-electron chi connectivity index (χ2n) is 9.17. The molecule has 1 fully saturated rings. The molecule has 4 N–H and O–H groups in total. The van der Waals surface area contributed by atoms with E-state index >= 15 is 8.78 Å². The summed E-state index contributed by atoms with van der Waals surface area (Å²) >= 11 is 2.10. The number of carbonyl (C=O) groups is 1. The van der Waals surface area contributed by atoms with Gasteiger partial charge in [-0.3, -0.25) is 14.6 Å². The average molecular weight is 672 g/mol. The summed E-state index contributed by atoms with van der Waals surface area (Å²) in [5.74, 6) is -3.87. The quantitative estimate of drug-likeness (QED) is 0.165. The number of nitrogens with one attached hydrogen (secondary N) is 3. The molecule has 1 unspecified atom stereocenters. The number of anilines is 2. The third kappa shape index (κ3) is 7.28. The molecule has 1 amide bonds. The Balaban J connectivity index is 1.74. The molecule has 0 radical (unpaired) electrons. The van der Waals surface area contributed by atoms with Crippen molar-refractivity contribution in [2.75, 3.05) is 18.5 Å². The topological polar surface area (TPSA) is 130 Å². The summed E-state index contributed by atoms with van der Waals surface area (Å²) in [6.07, 6.45) is 4.75. The molecule has 208 valence electrons. The lowest BCUT2D eigenvalue weighted by Crippen LogP contribution is -2.31. The highest BCUT2D eigenvalue weighted by Gasteiger charge is 2.31. The minimum Gasteiger partial charge on any atom is -0.396 e. The molecule has 2 aromatic carbocycles. The van der Waals surface area contributed by atoms with Crippen molar-refractivity contribution < 1.29 is 31.9 Å². The Kier molecular flexibility index (Phi) is 9.48. The Morgan fingerprint density at radius 3 is 2.64 bits per heavy atom. The molecular formula is C26H27F2IN4O5S. The zero-order valence-corrected chi connectivity index (χ0v) is 23.9. The van der Waals surface area contributed by atoms with Crippen LogP contribution in [-0.2, 0) is 14.9 Å². The molecule has 0 bridgehead atoms. The van der Waals surface area contributed by atoms with E-state index in [0.29, 0.717) is 22.7 Å². The van der Waals surface area contributed by atoms with Gasteiger partial charge in [-0.05, 0) is 96.2 Å². The molecule has 0 spiro atoms. The van der Waals surface area contributed by atoms with Crippen molar-refractivity contribution in [1.29, 1.82) is 0 Å². The first-order valence-corrected chi connectivity index (χ1v) is 14.7. The highest BCUT2D eigenvalue weighted by molar-refractivity contribution is 14.1. The van der Waals surface area contributed by atoms with Crippen molar-refractivity contribution in [3.05, 3.63) is 80.7 Å². The summed E-state index contributed by atoms with van der Waals surface area (Å²) in [5, 5.41) is 12.2. The largest absolute Gasteiger partial charge is 0.396 e. The highest BCUT2D eigenvalue weighted by Crippen LogP contribution is 2.33. The summed E-state index contributed by atoms with van der Waals surface area (Å²) in [4.78, 5) is 21.2. The average Bonchev–Trinajstić information content (AvgIpc) is 3.72. The number of hydroxylamine groups is 1. The van der Waals surface area contributed by atoms with E-state index < -0.39 is 49.8 Å². The second kappa shape index (κ2) is 12.6. The molecular weight excluding hydrogens is 645 g/mol. The van der Waals surface area contributed by atoms with Gasteiger partial charge in [0.1, 0.15) is 4.90 Å². The molecule has 1 atom stereocenters. The lowest BCUT2D eigenvalue weighted by Gasteiger charge is -2.20. The van der Waals surface area contributed by atoms with Gasteiger partial charge in [-0.15, -0.1) is 0 Å². The van der Waals surface area contributed by atoms with E-state index in [1.807, 2.05) is 0 Å². The zero-order valence-electron chi connectivity index (χ0n) is 20.9. The van der Waals surface area contributed by atoms with Crippen LogP contribution < -0.4 is 15.5 Å². The number of pyridine rings is 1. The fraction of sp³-hybridized carbons (Fsp3) is 0.308. The lowest BCUT2D eigenvalue weighted by atomic mass is 10.1. The first kappa shape index (κ1) is 29.3. The second-order valence-corrected chi connectivity index (χ2v) is 12.1. The predicted molar refractivity (Wildman–Crippen MR) is 149 cm³/mol. The summed E-state index contributed by atoms with van der Waals surface area (Å²) in [7, 11) is -4.72. The molecule has 1 heterocycles. The fourth-order valence-corrected chi connectivity index (χ4v) is 5.82. The van der Waals surface area contributed by atoms with Crippen LogP contribution in [0.4, 0.5) is 20.2 Å². The van der Waals surface area contributed by atoms with Gasteiger partial charge in [-0.1, -0.05) is 6.07 Å². The van der Waals surface area contributed by atoms with E-state index in [1.54, 1.807) is 37.3 Å². The maximum atomic E-state index is 15.6. The van der Waals surface area contributed by atoms with Crippen molar-refractivity contribution >= 4 is 49.9 Å². The minimum atomic E-state index is -4.72. The smallest absolute Gasteiger partial charge is 0.277 e. The molecule has 0 aliphatic heterocycles. The Bertz CT molecular complexity index is 1460. The third-order valence-corrected chi connectivity index (χ3v) is 8.28. The van der Waals surface area contributed by atoms with Crippen LogP contribution in [0.5, 0.6) is 0 Å². The van der Waals surface area contributed by atoms with Crippen LogP contribution in [0.3, 0.4) is 0 Å². The number of aryl methyl sites for hydroxylation is 1. The van der Waals surface area contributed by atoms with E-state index in [1.165, 1.54) is 12.4 Å². The number of halogens is 3. The van der Waals surface area contributed by atoms with E-state index in [-0.39, 0.29) is 19.6 Å². The molecule has 3 aromatic rings. The Hall–Kier alpha value is -2.72. The first-order valence-electron chi connectivity index (χ1n) is 12.1. The van der Waals surface area contributed by atoms with Crippen molar-refractivity contribution in [1.82, 2.24) is 15.2 Å². The maximum absolute atomic E-state index is 15.6. The number of hydrogen-bond donors (Lipinski definition) is 4. The molecule has 39 heavy (non-hydrogen) atoms. The molecule has 1 aliphatic carbocycles. The number of sulfonamides is 1. The van der Waals surface area contributed by atoms with Crippen molar-refractivity contribution in [3.63, 3.8) is 0 Å². The monoisotopic (exact) mass is 672 g/mol. The Labute approximate surface area is 238 Å². The van der Waals surface area contributed by atoms with Crippen LogP contribution >= 0.6 is 22.6 Å². The number of benzene rings is 2. The van der Waals surface area contributed by atoms with Crippen molar-refractivity contribution in [3.8, 4) is 0 Å². The van der Waals surface area contributed by atoms with Gasteiger partial charge in [0.25, 0.3) is 5.91 Å². The van der Waals surface area contributed by atoms with E-state index in [2.05, 4.69) is 43.1 Å². The zero-order chi connectivity index (χ0) is 28.2. The number of carbonyl (C=O) groups excluding carboxylic acids is 1. The van der Waals surface area contributed by atoms with Crippen molar-refractivity contribution in [2.45, 2.75) is 37.1 Å². The number of nitrogens with zero attached hydrogens (tertiary/aromatic N) is 1. The highest BCUT2D eigenvalue weighted by atomic mass is 127. The first-order chi connectivity index (χ1) is 18.6. The molecule has 4 rings (SSSR count). The van der Waals surface area contributed by atoms with E-state index in [9.17, 15) is 18.3 Å². The molecule has 0 saturated heterocycles. The van der Waals surface area contributed by atoms with Gasteiger partial charge >= 0.3 is 0 Å². The van der Waals surface area contributed by atoms with Gasteiger partial charge < -0.3 is 10.4 Å². The lowest BCUT2D eigenvalue weighted by molar-refractivity contribution is 0.0270. The van der Waals surface area contributed by atoms with Gasteiger partial charge in [0.05, 0.1) is 23.9 Å². The summed E-state index contributed by atoms with van der Waals surface area (Å²) < 4.78 is 60.8. The van der Waals surface area contributed by atoms with Gasteiger partial charge in [0, 0.05) is 28.3 Å². The number of aromatic nitrogens is 1. The molecule has 13 heteroatoms. The fourth-order valence-electron chi connectivity index (χ4n) is 3.82. The molecule has 1 aliphatic rings. The Morgan fingerprint density at radius 2 is 2.00 bits per heavy atom. The van der Waals surface area contributed by atoms with Crippen LogP contribution in [0.25, 0.3) is 0 Å². The van der Waals surface area contributed by atoms with Gasteiger partial charge in [0.15, 0.2) is 11.6 Å². The summed E-state index contributed by atoms with van der Waals surface area (Å²) in [6, 6.07) is 8.12. The predicted octanol–water partition coefficient (Wildman–Crippen LogP) is 4.49. The van der Waals surface area contributed by atoms with Crippen LogP contribution in [0.15, 0.2) is 53.7 Å². The van der Waals surface area contributed by atoms with Crippen LogP contribution in [-0.4, -0.2) is 37.6 Å². The van der Waals surface area contributed by atoms with E-state index in [4.69, 9.17) is 4.84 Å². The Morgan fingerprint density at radius 1 is 1.23 bits per heavy atom. The van der Waals surface area contributed by atoms with Crippen LogP contribution in [0, 0.1) is 28.0 Å². The molecule has 1 saturated carbocycles. The minimum absolute atomic E-state index is 0.0525. The number of rotatable bonds is 12. The summed E-state index contributed by atoms with van der Waals surface area (Å²) in [6.45, 7) is 1.61. The van der Waals surface area contributed by atoms with Gasteiger partial charge in [-0.25, -0.2) is 27.4 Å². The number of aliphatic hydroxyl groups excluding tert-OH is 1. The van der Waals surface area contributed by atoms with Gasteiger partial charge in [-0.2, -0.15) is 0 Å². The summed E-state index contributed by atoms with van der Waals surface area (Å²) in [5.41, 5.74) is 2.70. The number of amides is 1. The maximum Gasteiger partial charge on any atom is 0.277 e. The number of hydrogen-bond acceptors (Lipinski definition) is 7.